The normalized spacial score (nSPS) is 10.6. The first-order chi connectivity index (χ1) is 13.7. The lowest BCUT2D eigenvalue weighted by Gasteiger charge is -2.07. The number of anilines is 2. The van der Waals surface area contributed by atoms with E-state index in [9.17, 15) is 0 Å². The zero-order valence-electron chi connectivity index (χ0n) is 15.4. The fourth-order valence-corrected chi connectivity index (χ4v) is 2.88. The van der Waals surface area contributed by atoms with Crippen molar-refractivity contribution in [2.75, 3.05) is 5.32 Å². The van der Waals surface area contributed by atoms with Gasteiger partial charge in [-0.1, -0.05) is 36.9 Å². The number of aromatic nitrogens is 6. The largest absolute Gasteiger partial charge is 0.337 e. The number of benzene rings is 1. The first-order valence-corrected chi connectivity index (χ1v) is 8.73. The van der Waals surface area contributed by atoms with Gasteiger partial charge in [0.25, 0.3) is 0 Å². The van der Waals surface area contributed by atoms with Gasteiger partial charge in [-0.2, -0.15) is 5.10 Å². The molecule has 0 amide bonds. The van der Waals surface area contributed by atoms with Crippen molar-refractivity contribution in [2.45, 2.75) is 6.92 Å². The van der Waals surface area contributed by atoms with Crippen LogP contribution in [0.1, 0.15) is 17.0 Å². The van der Waals surface area contributed by atoms with Gasteiger partial charge in [-0.15, -0.1) is 0 Å². The maximum Gasteiger partial charge on any atom is 0.161 e. The third-order valence-corrected chi connectivity index (χ3v) is 4.23. The van der Waals surface area contributed by atoms with E-state index in [0.29, 0.717) is 23.2 Å². The van der Waals surface area contributed by atoms with E-state index in [1.807, 2.05) is 31.2 Å². The van der Waals surface area contributed by atoms with Crippen molar-refractivity contribution in [1.82, 2.24) is 30.1 Å². The lowest BCUT2D eigenvalue weighted by Crippen LogP contribution is -1.98. The van der Waals surface area contributed by atoms with Crippen LogP contribution in [0, 0.1) is 6.92 Å². The summed E-state index contributed by atoms with van der Waals surface area (Å²) in [5, 5.41) is 10.4. The number of hydrogen-bond acceptors (Lipinski definition) is 5. The molecule has 0 atom stereocenters. The number of nitrogens with one attached hydrogen (secondary N) is 3. The maximum absolute atomic E-state index is 4.62. The zero-order chi connectivity index (χ0) is 19.5. The summed E-state index contributed by atoms with van der Waals surface area (Å²) in [6.45, 7) is 9.62. The second-order valence-electron chi connectivity index (χ2n) is 6.21. The number of rotatable bonds is 6. The van der Waals surface area contributed by atoms with Gasteiger partial charge in [0.15, 0.2) is 11.6 Å². The molecule has 4 aromatic rings. The average Bonchev–Trinajstić information content (AvgIpc) is 3.34. The van der Waals surface area contributed by atoms with Crippen LogP contribution in [0.15, 0.2) is 55.9 Å². The van der Waals surface area contributed by atoms with Gasteiger partial charge in [-0.3, -0.25) is 5.10 Å². The minimum atomic E-state index is 0.637. The highest BCUT2D eigenvalue weighted by molar-refractivity contribution is 5.75. The number of nitrogens with zero attached hydrogens (tertiary/aromatic N) is 4. The van der Waals surface area contributed by atoms with Crippen LogP contribution in [0.3, 0.4) is 0 Å². The van der Waals surface area contributed by atoms with E-state index < -0.39 is 0 Å². The lowest BCUT2D eigenvalue weighted by molar-refractivity contribution is 1.08. The predicted molar refractivity (Wildman–Crippen MR) is 112 cm³/mol. The average molecular weight is 369 g/mol. The van der Waals surface area contributed by atoms with E-state index in [2.05, 4.69) is 54.7 Å². The van der Waals surface area contributed by atoms with Crippen molar-refractivity contribution in [3.63, 3.8) is 0 Å². The van der Waals surface area contributed by atoms with Crippen molar-refractivity contribution in [3.05, 3.63) is 72.8 Å². The Morgan fingerprint density at radius 2 is 2.00 bits per heavy atom. The smallest absolute Gasteiger partial charge is 0.161 e. The third-order valence-electron chi connectivity index (χ3n) is 4.23. The van der Waals surface area contributed by atoms with E-state index in [1.54, 1.807) is 24.5 Å². The summed E-state index contributed by atoms with van der Waals surface area (Å²) in [5.74, 6) is 1.95. The van der Waals surface area contributed by atoms with Gasteiger partial charge in [-0.25, -0.2) is 15.0 Å². The number of aromatic amines is 2. The molecule has 0 fully saturated rings. The Hall–Kier alpha value is -4.00. The minimum Gasteiger partial charge on any atom is -0.337 e. The Balaban J connectivity index is 1.66. The summed E-state index contributed by atoms with van der Waals surface area (Å²) in [6, 6.07) is 9.89. The Labute approximate surface area is 162 Å². The Kier molecular flexibility index (Phi) is 4.55. The molecular weight excluding hydrogens is 350 g/mol. The minimum absolute atomic E-state index is 0.637. The second kappa shape index (κ2) is 7.32. The summed E-state index contributed by atoms with van der Waals surface area (Å²) in [4.78, 5) is 16.7. The SMILES string of the molecule is C=Cc1nc(-c2[nH]ncc2Nc2ccnc(-c3cccc(C)c3)n2)[nH]c1C=C. The fourth-order valence-electron chi connectivity index (χ4n) is 2.88. The Morgan fingerprint density at radius 1 is 1.11 bits per heavy atom. The molecular formula is C21H19N7. The quantitative estimate of drug-likeness (QED) is 0.462. The molecule has 138 valence electrons. The number of imidazole rings is 1. The number of aryl methyl sites for hydroxylation is 1. The Bertz CT molecular complexity index is 1130. The summed E-state index contributed by atoms with van der Waals surface area (Å²) in [5.41, 5.74) is 5.11. The molecule has 0 bridgehead atoms. The van der Waals surface area contributed by atoms with Gasteiger partial charge in [0.1, 0.15) is 11.5 Å². The number of hydrogen-bond donors (Lipinski definition) is 3. The van der Waals surface area contributed by atoms with Gasteiger partial charge in [0, 0.05) is 11.8 Å². The van der Waals surface area contributed by atoms with Crippen molar-refractivity contribution in [3.8, 4) is 22.9 Å². The zero-order valence-corrected chi connectivity index (χ0v) is 15.4. The van der Waals surface area contributed by atoms with Gasteiger partial charge >= 0.3 is 0 Å². The molecule has 0 aliphatic rings. The summed E-state index contributed by atoms with van der Waals surface area (Å²) in [7, 11) is 0. The standard InChI is InChI=1S/C21H19N7/c1-4-15-16(5-2)26-21(25-15)19-17(12-23-28-19)24-18-9-10-22-20(27-18)14-8-6-7-13(3)11-14/h4-12H,1-2H2,3H3,(H,23,28)(H,25,26)(H,22,24,27). The molecule has 0 aliphatic heterocycles. The first kappa shape index (κ1) is 17.4. The van der Waals surface area contributed by atoms with Gasteiger partial charge < -0.3 is 10.3 Å². The molecule has 0 radical (unpaired) electrons. The van der Waals surface area contributed by atoms with Crippen LogP contribution in [0.4, 0.5) is 11.5 Å². The molecule has 7 nitrogen and oxygen atoms in total. The molecule has 3 N–H and O–H groups in total. The first-order valence-electron chi connectivity index (χ1n) is 8.73. The molecule has 7 heteroatoms. The molecule has 1 aromatic carbocycles. The van der Waals surface area contributed by atoms with Crippen LogP contribution < -0.4 is 5.32 Å². The third kappa shape index (κ3) is 3.33. The van der Waals surface area contributed by atoms with Crippen molar-refractivity contribution >= 4 is 23.7 Å². The highest BCUT2D eigenvalue weighted by Gasteiger charge is 2.14. The molecule has 0 spiro atoms. The molecule has 0 unspecified atom stereocenters. The summed E-state index contributed by atoms with van der Waals surface area (Å²) >= 11 is 0. The van der Waals surface area contributed by atoms with Crippen molar-refractivity contribution in [2.24, 2.45) is 0 Å². The van der Waals surface area contributed by atoms with Gasteiger partial charge in [-0.05, 0) is 31.2 Å². The molecule has 3 heterocycles. The highest BCUT2D eigenvalue weighted by Crippen LogP contribution is 2.27. The molecule has 0 saturated carbocycles. The van der Waals surface area contributed by atoms with Crippen LogP contribution in [-0.4, -0.2) is 30.1 Å². The predicted octanol–water partition coefficient (Wildman–Crippen LogP) is 4.59. The van der Waals surface area contributed by atoms with Crippen LogP contribution in [0.5, 0.6) is 0 Å². The highest BCUT2D eigenvalue weighted by atomic mass is 15.2. The second-order valence-corrected chi connectivity index (χ2v) is 6.21. The van der Waals surface area contributed by atoms with Crippen LogP contribution in [0.2, 0.25) is 0 Å². The lowest BCUT2D eigenvalue weighted by atomic mass is 10.1. The fraction of sp³-hybridized carbons (Fsp3) is 0.0476. The number of H-pyrrole nitrogens is 2. The van der Waals surface area contributed by atoms with Crippen molar-refractivity contribution < 1.29 is 0 Å². The van der Waals surface area contributed by atoms with E-state index in [0.717, 1.165) is 28.2 Å². The van der Waals surface area contributed by atoms with Gasteiger partial charge in [0.2, 0.25) is 0 Å². The Morgan fingerprint density at radius 3 is 2.75 bits per heavy atom. The van der Waals surface area contributed by atoms with E-state index in [1.165, 1.54) is 0 Å². The maximum atomic E-state index is 4.62. The summed E-state index contributed by atoms with van der Waals surface area (Å²) in [6.07, 6.45) is 6.80. The van der Waals surface area contributed by atoms with Crippen LogP contribution in [-0.2, 0) is 0 Å². The summed E-state index contributed by atoms with van der Waals surface area (Å²) < 4.78 is 0. The van der Waals surface area contributed by atoms with E-state index in [-0.39, 0.29) is 0 Å². The molecule has 28 heavy (non-hydrogen) atoms. The van der Waals surface area contributed by atoms with Crippen LogP contribution in [0.25, 0.3) is 35.1 Å². The van der Waals surface area contributed by atoms with Crippen LogP contribution >= 0.6 is 0 Å². The monoisotopic (exact) mass is 369 g/mol. The molecule has 0 aliphatic carbocycles. The molecule has 0 saturated heterocycles. The molecule has 3 aromatic heterocycles. The van der Waals surface area contributed by atoms with Crippen molar-refractivity contribution in [1.29, 1.82) is 0 Å². The topological polar surface area (TPSA) is 95.2 Å². The van der Waals surface area contributed by atoms with Gasteiger partial charge in [0.05, 0.1) is 23.3 Å². The van der Waals surface area contributed by atoms with E-state index >= 15 is 0 Å². The molecule has 4 rings (SSSR count). The van der Waals surface area contributed by atoms with E-state index in [4.69, 9.17) is 0 Å².